The fourth-order valence-electron chi connectivity index (χ4n) is 0.907. The summed E-state index contributed by atoms with van der Waals surface area (Å²) in [6.45, 7) is 0. The highest BCUT2D eigenvalue weighted by atomic mass is 79.9. The molecule has 1 heterocycles. The van der Waals surface area contributed by atoms with Crippen LogP contribution < -0.4 is 0 Å². The van der Waals surface area contributed by atoms with Gasteiger partial charge in [-0.15, -0.1) is 0 Å². The lowest BCUT2D eigenvalue weighted by atomic mass is 10.1. The third kappa shape index (κ3) is 2.04. The quantitative estimate of drug-likeness (QED) is 0.771. The Morgan fingerprint density at radius 1 is 1.57 bits per heavy atom. The molecule has 0 radical (unpaired) electrons. The van der Waals surface area contributed by atoms with Gasteiger partial charge in [0.1, 0.15) is 0 Å². The number of nitriles is 1. The normalized spacial score (nSPS) is 10.3. The molecule has 0 aliphatic rings. The van der Waals surface area contributed by atoms with Gasteiger partial charge in [-0.05, 0) is 15.9 Å². The molecule has 74 valence electrons. The third-order valence-corrected chi connectivity index (χ3v) is 2.51. The lowest BCUT2D eigenvalue weighted by molar-refractivity contribution is 0.149. The summed E-state index contributed by atoms with van der Waals surface area (Å²) in [6.07, 6.45) is -2.28. The van der Waals surface area contributed by atoms with Crippen molar-refractivity contribution in [2.75, 3.05) is 0 Å². The van der Waals surface area contributed by atoms with E-state index in [1.807, 2.05) is 0 Å². The Labute approximate surface area is 86.5 Å². The molecular weight excluding hydrogens is 261 g/mol. The van der Waals surface area contributed by atoms with E-state index in [4.69, 9.17) is 5.26 Å². The van der Waals surface area contributed by atoms with E-state index in [2.05, 4.69) is 20.9 Å². The van der Waals surface area contributed by atoms with Gasteiger partial charge in [0.2, 0.25) is 5.95 Å². The first kappa shape index (κ1) is 11.0. The highest BCUT2D eigenvalue weighted by Crippen LogP contribution is 2.30. The molecule has 0 N–H and O–H groups in total. The van der Waals surface area contributed by atoms with Crippen LogP contribution in [-0.2, 0) is 6.42 Å². The first-order chi connectivity index (χ1) is 6.57. The van der Waals surface area contributed by atoms with Crippen LogP contribution in [0.2, 0.25) is 0 Å². The molecule has 1 aromatic heterocycles. The number of hydrogen-bond donors (Lipinski definition) is 0. The third-order valence-electron chi connectivity index (χ3n) is 1.58. The van der Waals surface area contributed by atoms with Gasteiger partial charge in [0, 0.05) is 16.2 Å². The molecule has 6 heteroatoms. The zero-order valence-corrected chi connectivity index (χ0v) is 8.35. The summed E-state index contributed by atoms with van der Waals surface area (Å²) in [5.74, 6) is -0.900. The van der Waals surface area contributed by atoms with Gasteiger partial charge in [-0.25, -0.2) is 13.8 Å². The summed E-state index contributed by atoms with van der Waals surface area (Å²) in [5.41, 5.74) is -0.540. The summed E-state index contributed by atoms with van der Waals surface area (Å²) in [4.78, 5) is 3.15. The molecule has 14 heavy (non-hydrogen) atoms. The highest BCUT2D eigenvalue weighted by molar-refractivity contribution is 9.10. The fourth-order valence-corrected chi connectivity index (χ4v) is 1.49. The molecule has 0 aliphatic carbocycles. The minimum atomic E-state index is -2.74. The summed E-state index contributed by atoms with van der Waals surface area (Å²) in [5, 5.41) is 8.35. The Bertz CT molecular complexity index is 387. The molecular formula is C8H4BrF3N2. The van der Waals surface area contributed by atoms with Crippen LogP contribution in [0.1, 0.15) is 17.6 Å². The van der Waals surface area contributed by atoms with Crippen molar-refractivity contribution in [3.8, 4) is 6.07 Å². The number of pyridine rings is 1. The van der Waals surface area contributed by atoms with E-state index in [1.165, 1.54) is 0 Å². The number of nitrogens with zero attached hydrogens (tertiary/aromatic N) is 2. The molecule has 0 aliphatic heterocycles. The molecule has 0 amide bonds. The Balaban J connectivity index is 3.27. The smallest absolute Gasteiger partial charge is 0.227 e. The van der Waals surface area contributed by atoms with E-state index in [-0.39, 0.29) is 16.5 Å². The highest BCUT2D eigenvalue weighted by Gasteiger charge is 2.18. The SMILES string of the molecule is N#CCc1c(F)ncc(C(F)F)c1Br. The number of halogens is 4. The van der Waals surface area contributed by atoms with Gasteiger partial charge in [0.15, 0.2) is 0 Å². The maximum atomic E-state index is 12.9. The predicted molar refractivity (Wildman–Crippen MR) is 46.2 cm³/mol. The lowest BCUT2D eigenvalue weighted by Crippen LogP contribution is -1.99. The molecule has 2 nitrogen and oxygen atoms in total. The van der Waals surface area contributed by atoms with Crippen molar-refractivity contribution in [1.82, 2.24) is 4.98 Å². The summed E-state index contributed by atoms with van der Waals surface area (Å²) in [6, 6.07) is 1.68. The van der Waals surface area contributed by atoms with E-state index in [9.17, 15) is 13.2 Å². The molecule has 0 saturated heterocycles. The van der Waals surface area contributed by atoms with Gasteiger partial charge in [0.05, 0.1) is 18.1 Å². The first-order valence-electron chi connectivity index (χ1n) is 3.55. The standard InChI is InChI=1S/C8H4BrF3N2/c9-6-4(1-2-13)8(12)14-3-5(6)7(10)11/h3,7H,1H2. The number of rotatable bonds is 2. The van der Waals surface area contributed by atoms with E-state index >= 15 is 0 Å². The predicted octanol–water partition coefficient (Wildman–Crippen LogP) is 2.99. The van der Waals surface area contributed by atoms with E-state index < -0.39 is 17.9 Å². The van der Waals surface area contributed by atoms with E-state index in [0.717, 1.165) is 6.20 Å². The molecule has 0 unspecified atom stereocenters. The van der Waals surface area contributed by atoms with E-state index in [1.54, 1.807) is 6.07 Å². The molecule has 0 atom stereocenters. The van der Waals surface area contributed by atoms with Gasteiger partial charge in [-0.2, -0.15) is 9.65 Å². The second kappa shape index (κ2) is 4.42. The van der Waals surface area contributed by atoms with Crippen LogP contribution in [-0.4, -0.2) is 4.98 Å². The van der Waals surface area contributed by atoms with Crippen molar-refractivity contribution in [3.63, 3.8) is 0 Å². The number of alkyl halides is 2. The minimum Gasteiger partial charge on any atom is -0.227 e. The molecule has 0 spiro atoms. The fraction of sp³-hybridized carbons (Fsp3) is 0.250. The van der Waals surface area contributed by atoms with Crippen molar-refractivity contribution in [2.24, 2.45) is 0 Å². The summed E-state index contributed by atoms with van der Waals surface area (Å²) in [7, 11) is 0. The zero-order chi connectivity index (χ0) is 10.7. The summed E-state index contributed by atoms with van der Waals surface area (Å²) < 4.78 is 37.5. The molecule has 0 fully saturated rings. The van der Waals surface area contributed by atoms with Crippen LogP contribution in [0.5, 0.6) is 0 Å². The minimum absolute atomic E-state index is 0.0819. The second-order valence-corrected chi connectivity index (χ2v) is 3.23. The molecule has 0 aromatic carbocycles. The maximum Gasteiger partial charge on any atom is 0.266 e. The topological polar surface area (TPSA) is 36.7 Å². The Morgan fingerprint density at radius 2 is 2.21 bits per heavy atom. The number of hydrogen-bond acceptors (Lipinski definition) is 2. The van der Waals surface area contributed by atoms with Crippen molar-refractivity contribution < 1.29 is 13.2 Å². The Morgan fingerprint density at radius 3 is 2.71 bits per heavy atom. The van der Waals surface area contributed by atoms with Crippen LogP contribution in [0, 0.1) is 17.3 Å². The number of aromatic nitrogens is 1. The van der Waals surface area contributed by atoms with Crippen LogP contribution in [0.3, 0.4) is 0 Å². The Kier molecular flexibility index (Phi) is 3.47. The summed E-state index contributed by atoms with van der Waals surface area (Å²) >= 11 is 2.82. The van der Waals surface area contributed by atoms with Crippen molar-refractivity contribution >= 4 is 15.9 Å². The zero-order valence-electron chi connectivity index (χ0n) is 6.77. The monoisotopic (exact) mass is 264 g/mol. The van der Waals surface area contributed by atoms with Gasteiger partial charge in [-0.1, -0.05) is 0 Å². The van der Waals surface area contributed by atoms with Crippen molar-refractivity contribution in [3.05, 3.63) is 27.7 Å². The van der Waals surface area contributed by atoms with Gasteiger partial charge >= 0.3 is 0 Å². The lowest BCUT2D eigenvalue weighted by Gasteiger charge is -2.06. The van der Waals surface area contributed by atoms with Crippen molar-refractivity contribution in [1.29, 1.82) is 5.26 Å². The van der Waals surface area contributed by atoms with E-state index in [0.29, 0.717) is 0 Å². The van der Waals surface area contributed by atoms with Gasteiger partial charge in [-0.3, -0.25) is 0 Å². The average molecular weight is 265 g/mol. The average Bonchev–Trinajstić information content (AvgIpc) is 2.11. The first-order valence-corrected chi connectivity index (χ1v) is 4.35. The second-order valence-electron chi connectivity index (χ2n) is 2.43. The maximum absolute atomic E-state index is 12.9. The molecule has 0 saturated carbocycles. The Hall–Kier alpha value is -1.09. The van der Waals surface area contributed by atoms with Crippen LogP contribution >= 0.6 is 15.9 Å². The van der Waals surface area contributed by atoms with Crippen LogP contribution in [0.15, 0.2) is 10.7 Å². The van der Waals surface area contributed by atoms with Crippen LogP contribution in [0.25, 0.3) is 0 Å². The van der Waals surface area contributed by atoms with Gasteiger partial charge in [0.25, 0.3) is 6.43 Å². The molecule has 1 aromatic rings. The van der Waals surface area contributed by atoms with Crippen molar-refractivity contribution in [2.45, 2.75) is 12.8 Å². The molecule has 0 bridgehead atoms. The van der Waals surface area contributed by atoms with Gasteiger partial charge < -0.3 is 0 Å². The largest absolute Gasteiger partial charge is 0.266 e. The molecule has 1 rings (SSSR count). The van der Waals surface area contributed by atoms with Crippen LogP contribution in [0.4, 0.5) is 13.2 Å².